The van der Waals surface area contributed by atoms with Gasteiger partial charge >= 0.3 is 0 Å². The molecule has 0 bridgehead atoms. The molecule has 5 nitrogen and oxygen atoms in total. The molecular weight excluding hydrogens is 348 g/mol. The van der Waals surface area contributed by atoms with Crippen LogP contribution in [0.4, 0.5) is 0 Å². The Morgan fingerprint density at radius 3 is 2.35 bits per heavy atom. The van der Waals surface area contributed by atoms with Crippen molar-refractivity contribution in [1.29, 1.82) is 0 Å². The van der Waals surface area contributed by atoms with Crippen LogP contribution < -0.4 is 4.74 Å². The Bertz CT molecular complexity index is 811. The van der Waals surface area contributed by atoms with Crippen LogP contribution in [-0.4, -0.2) is 30.8 Å². The summed E-state index contributed by atoms with van der Waals surface area (Å²) in [4.78, 5) is 4.40. The Balaban J connectivity index is 1.69. The normalized spacial score (nSPS) is 17.0. The topological polar surface area (TPSA) is 59.5 Å². The summed E-state index contributed by atoms with van der Waals surface area (Å²) in [6.45, 7) is 5.53. The quantitative estimate of drug-likeness (QED) is 0.743. The van der Waals surface area contributed by atoms with Crippen molar-refractivity contribution in [2.45, 2.75) is 50.3 Å². The maximum Gasteiger partial charge on any atom is 0.244 e. The van der Waals surface area contributed by atoms with Crippen LogP contribution in [-0.2, 0) is 10.0 Å². The van der Waals surface area contributed by atoms with Crippen LogP contribution in [0.25, 0.3) is 0 Å². The van der Waals surface area contributed by atoms with E-state index in [-0.39, 0.29) is 4.90 Å². The number of pyridine rings is 1. The van der Waals surface area contributed by atoms with Gasteiger partial charge < -0.3 is 4.74 Å². The second-order valence-electron chi connectivity index (χ2n) is 6.78. The zero-order chi connectivity index (χ0) is 18.6. The molecule has 0 saturated carbocycles. The fourth-order valence-corrected chi connectivity index (χ4v) is 4.52. The number of sulfonamides is 1. The van der Waals surface area contributed by atoms with Gasteiger partial charge in [-0.1, -0.05) is 32.4 Å². The van der Waals surface area contributed by atoms with Gasteiger partial charge in [-0.15, -0.1) is 0 Å². The van der Waals surface area contributed by atoms with E-state index in [1.165, 1.54) is 11.8 Å². The third-order valence-corrected chi connectivity index (χ3v) is 6.83. The van der Waals surface area contributed by atoms with Gasteiger partial charge in [-0.2, -0.15) is 4.31 Å². The first-order valence-corrected chi connectivity index (χ1v) is 10.7. The number of hydrogen-bond donors (Lipinski definition) is 0. The van der Waals surface area contributed by atoms with Crippen molar-refractivity contribution in [3.05, 3.63) is 48.2 Å². The molecule has 3 rings (SSSR count). The smallest absolute Gasteiger partial charge is 0.244 e. The number of aromatic nitrogens is 1. The first-order chi connectivity index (χ1) is 12.5. The standard InChI is InChI=1S/C20H26N2O3S/c1-3-16(2)17-7-9-18(10-8-17)25-20-12-11-19(15-21-20)26(23,24)22-13-5-4-6-14-22/h7-12,15-16H,3-6,13-14H2,1-2H3. The number of ether oxygens (including phenoxy) is 1. The summed E-state index contributed by atoms with van der Waals surface area (Å²) < 4.78 is 32.5. The van der Waals surface area contributed by atoms with Crippen molar-refractivity contribution >= 4 is 10.0 Å². The highest BCUT2D eigenvalue weighted by atomic mass is 32.2. The minimum Gasteiger partial charge on any atom is -0.439 e. The van der Waals surface area contributed by atoms with Crippen molar-refractivity contribution < 1.29 is 13.2 Å². The number of rotatable bonds is 6. The van der Waals surface area contributed by atoms with E-state index >= 15 is 0 Å². The number of benzene rings is 1. The van der Waals surface area contributed by atoms with Crippen molar-refractivity contribution in [3.63, 3.8) is 0 Å². The SMILES string of the molecule is CCC(C)c1ccc(Oc2ccc(S(=O)(=O)N3CCCCC3)cn2)cc1. The molecule has 1 fully saturated rings. The van der Waals surface area contributed by atoms with Gasteiger partial charge in [0.25, 0.3) is 0 Å². The van der Waals surface area contributed by atoms with Gasteiger partial charge in [0.2, 0.25) is 15.9 Å². The minimum atomic E-state index is -3.45. The molecule has 1 atom stereocenters. The number of nitrogens with zero attached hydrogens (tertiary/aromatic N) is 2. The second kappa shape index (κ2) is 8.18. The average molecular weight is 375 g/mol. The van der Waals surface area contributed by atoms with E-state index in [2.05, 4.69) is 31.0 Å². The first kappa shape index (κ1) is 18.9. The van der Waals surface area contributed by atoms with Crippen molar-refractivity contribution in [1.82, 2.24) is 9.29 Å². The van der Waals surface area contributed by atoms with E-state index in [1.807, 2.05) is 12.1 Å². The third-order valence-electron chi connectivity index (χ3n) is 4.95. The Hall–Kier alpha value is -1.92. The summed E-state index contributed by atoms with van der Waals surface area (Å²) in [6.07, 6.45) is 5.40. The Kier molecular flexibility index (Phi) is 5.94. The molecule has 1 aromatic heterocycles. The lowest BCUT2D eigenvalue weighted by Crippen LogP contribution is -2.35. The van der Waals surface area contributed by atoms with Crippen LogP contribution in [0.15, 0.2) is 47.5 Å². The molecule has 6 heteroatoms. The number of piperidine rings is 1. The molecule has 0 amide bonds. The zero-order valence-corrected chi connectivity index (χ0v) is 16.2. The molecule has 26 heavy (non-hydrogen) atoms. The summed E-state index contributed by atoms with van der Waals surface area (Å²) in [5.41, 5.74) is 1.27. The predicted molar refractivity (Wildman–Crippen MR) is 102 cm³/mol. The van der Waals surface area contributed by atoms with Gasteiger partial charge in [0.05, 0.1) is 6.20 Å². The van der Waals surface area contributed by atoms with Crippen molar-refractivity contribution in [2.75, 3.05) is 13.1 Å². The number of hydrogen-bond acceptors (Lipinski definition) is 4. The van der Waals surface area contributed by atoms with Crippen LogP contribution in [0, 0.1) is 0 Å². The van der Waals surface area contributed by atoms with Gasteiger partial charge in [0, 0.05) is 19.2 Å². The maximum atomic E-state index is 12.6. The van der Waals surface area contributed by atoms with E-state index in [9.17, 15) is 8.42 Å². The minimum absolute atomic E-state index is 0.221. The molecule has 2 aromatic rings. The molecule has 140 valence electrons. The lowest BCUT2D eigenvalue weighted by molar-refractivity contribution is 0.346. The van der Waals surface area contributed by atoms with Crippen molar-refractivity contribution in [3.8, 4) is 11.6 Å². The molecular formula is C20H26N2O3S. The lowest BCUT2D eigenvalue weighted by atomic mass is 9.99. The maximum absolute atomic E-state index is 12.6. The van der Waals surface area contributed by atoms with E-state index < -0.39 is 10.0 Å². The average Bonchev–Trinajstić information content (AvgIpc) is 2.69. The van der Waals surface area contributed by atoms with Gasteiger partial charge in [0.1, 0.15) is 10.6 Å². The van der Waals surface area contributed by atoms with Crippen LogP contribution in [0.1, 0.15) is 51.0 Å². The molecule has 1 unspecified atom stereocenters. The molecule has 0 spiro atoms. The van der Waals surface area contributed by atoms with Crippen molar-refractivity contribution in [2.24, 2.45) is 0 Å². The van der Waals surface area contributed by atoms with E-state index in [1.54, 1.807) is 16.4 Å². The summed E-state index contributed by atoms with van der Waals surface area (Å²) in [5.74, 6) is 1.59. The van der Waals surface area contributed by atoms with E-state index in [4.69, 9.17) is 4.74 Å². The van der Waals surface area contributed by atoms with Crippen LogP contribution in [0.2, 0.25) is 0 Å². The van der Waals surface area contributed by atoms with Crippen LogP contribution in [0.3, 0.4) is 0 Å². The molecule has 0 aliphatic carbocycles. The Morgan fingerprint density at radius 1 is 1.08 bits per heavy atom. The highest BCUT2D eigenvalue weighted by Crippen LogP contribution is 2.26. The fourth-order valence-electron chi connectivity index (χ4n) is 3.05. The molecule has 1 aliphatic rings. The Morgan fingerprint density at radius 2 is 1.77 bits per heavy atom. The van der Waals surface area contributed by atoms with E-state index in [0.717, 1.165) is 25.7 Å². The summed E-state index contributed by atoms with van der Waals surface area (Å²) in [6, 6.07) is 11.1. The monoisotopic (exact) mass is 374 g/mol. The van der Waals surface area contributed by atoms with E-state index in [0.29, 0.717) is 30.6 Å². The van der Waals surface area contributed by atoms with Gasteiger partial charge in [0.15, 0.2) is 0 Å². The predicted octanol–water partition coefficient (Wildman–Crippen LogP) is 4.56. The molecule has 0 radical (unpaired) electrons. The van der Waals surface area contributed by atoms with Crippen LogP contribution in [0.5, 0.6) is 11.6 Å². The largest absolute Gasteiger partial charge is 0.439 e. The molecule has 1 saturated heterocycles. The van der Waals surface area contributed by atoms with Gasteiger partial charge in [-0.05, 0) is 48.9 Å². The Labute approximate surface area is 156 Å². The highest BCUT2D eigenvalue weighted by Gasteiger charge is 2.26. The highest BCUT2D eigenvalue weighted by molar-refractivity contribution is 7.89. The molecule has 1 aromatic carbocycles. The third kappa shape index (κ3) is 4.24. The first-order valence-electron chi connectivity index (χ1n) is 9.24. The lowest BCUT2D eigenvalue weighted by Gasteiger charge is -2.25. The van der Waals surface area contributed by atoms with Crippen LogP contribution >= 0.6 is 0 Å². The molecule has 0 N–H and O–H groups in total. The summed E-state index contributed by atoms with van der Waals surface area (Å²) in [7, 11) is -3.45. The van der Waals surface area contributed by atoms with Gasteiger partial charge in [-0.25, -0.2) is 13.4 Å². The molecule has 2 heterocycles. The van der Waals surface area contributed by atoms with Gasteiger partial charge in [-0.3, -0.25) is 0 Å². The summed E-state index contributed by atoms with van der Waals surface area (Å²) in [5, 5.41) is 0. The second-order valence-corrected chi connectivity index (χ2v) is 8.72. The fraction of sp³-hybridized carbons (Fsp3) is 0.450. The zero-order valence-electron chi connectivity index (χ0n) is 15.4. The molecule has 1 aliphatic heterocycles. The summed E-state index contributed by atoms with van der Waals surface area (Å²) >= 11 is 0.